The summed E-state index contributed by atoms with van der Waals surface area (Å²) >= 11 is 0. The third-order valence-corrected chi connectivity index (χ3v) is 4.26. The predicted molar refractivity (Wildman–Crippen MR) is 94.2 cm³/mol. The molecule has 0 unspecified atom stereocenters. The van der Waals surface area contributed by atoms with Gasteiger partial charge in [0.25, 0.3) is 0 Å². The molecular formula is C18H22N4O2. The average Bonchev–Trinajstić information content (AvgIpc) is 2.92. The van der Waals surface area contributed by atoms with E-state index in [0.717, 1.165) is 35.7 Å². The minimum atomic E-state index is -0.386. The number of nitrogens with one attached hydrogen (secondary N) is 2. The zero-order valence-corrected chi connectivity index (χ0v) is 13.8. The van der Waals surface area contributed by atoms with Crippen LogP contribution in [0.4, 0.5) is 10.5 Å². The zero-order chi connectivity index (χ0) is 17.1. The van der Waals surface area contributed by atoms with Crippen LogP contribution in [0.3, 0.4) is 0 Å². The Kier molecular flexibility index (Phi) is 4.55. The lowest BCUT2D eigenvalue weighted by molar-refractivity contribution is 0.253. The van der Waals surface area contributed by atoms with Crippen molar-refractivity contribution in [1.29, 1.82) is 0 Å². The fraction of sp³-hybridized carbons (Fsp3) is 0.333. The number of carbonyl (C=O) groups excluding carboxylic acids is 1. The molecule has 0 spiro atoms. The van der Waals surface area contributed by atoms with Gasteiger partial charge in [-0.05, 0) is 38.0 Å². The Hall–Kier alpha value is -2.76. The first kappa shape index (κ1) is 16.1. The van der Waals surface area contributed by atoms with Gasteiger partial charge in [-0.2, -0.15) is 0 Å². The van der Waals surface area contributed by atoms with Gasteiger partial charge in [-0.15, -0.1) is 6.58 Å². The number of phenols is 1. The smallest absolute Gasteiger partial charge is 0.319 e. The molecule has 3 N–H and O–H groups in total. The highest BCUT2D eigenvalue weighted by Crippen LogP contribution is 2.32. The van der Waals surface area contributed by atoms with Crippen LogP contribution in [0.25, 0.3) is 11.3 Å². The number of anilines is 1. The number of hydrogen-bond acceptors (Lipinski definition) is 3. The number of aryl methyl sites for hydroxylation is 1. The third-order valence-electron chi connectivity index (χ3n) is 4.26. The lowest BCUT2D eigenvalue weighted by atomic mass is 10.1. The van der Waals surface area contributed by atoms with Crippen molar-refractivity contribution in [3.63, 3.8) is 0 Å². The minimum absolute atomic E-state index is 0.0223. The number of amides is 2. The standard InChI is InChI=1S/C18H22N4O2/c1-3-9-19-18(24)20-14-11-13(7-8-15(14)23)17-12(2)22-10-5-4-6-16(22)21-17/h3,7-8,11,23H,1,4-6,9-10H2,2H3,(H2,19,20,24). The molecule has 2 heterocycles. The van der Waals surface area contributed by atoms with E-state index in [4.69, 9.17) is 4.98 Å². The highest BCUT2D eigenvalue weighted by molar-refractivity contribution is 5.92. The molecule has 1 aliphatic heterocycles. The summed E-state index contributed by atoms with van der Waals surface area (Å²) in [5.41, 5.74) is 3.27. The summed E-state index contributed by atoms with van der Waals surface area (Å²) in [5.74, 6) is 1.13. The first-order valence-electron chi connectivity index (χ1n) is 8.15. The molecule has 2 aromatic rings. The Morgan fingerprint density at radius 3 is 3.04 bits per heavy atom. The minimum Gasteiger partial charge on any atom is -0.506 e. The molecule has 0 bridgehead atoms. The van der Waals surface area contributed by atoms with E-state index in [1.807, 2.05) is 6.07 Å². The molecule has 1 aromatic heterocycles. The number of nitrogens with zero attached hydrogens (tertiary/aromatic N) is 2. The molecule has 24 heavy (non-hydrogen) atoms. The van der Waals surface area contributed by atoms with E-state index >= 15 is 0 Å². The fourth-order valence-electron chi connectivity index (χ4n) is 3.02. The normalized spacial score (nSPS) is 13.2. The van der Waals surface area contributed by atoms with E-state index in [-0.39, 0.29) is 11.8 Å². The van der Waals surface area contributed by atoms with Gasteiger partial charge in [0.1, 0.15) is 11.6 Å². The van der Waals surface area contributed by atoms with E-state index < -0.39 is 0 Å². The number of benzene rings is 1. The van der Waals surface area contributed by atoms with Crippen LogP contribution >= 0.6 is 0 Å². The van der Waals surface area contributed by atoms with Gasteiger partial charge >= 0.3 is 6.03 Å². The van der Waals surface area contributed by atoms with Crippen molar-refractivity contribution in [3.8, 4) is 17.0 Å². The molecule has 0 saturated heterocycles. The van der Waals surface area contributed by atoms with Crippen molar-refractivity contribution in [2.75, 3.05) is 11.9 Å². The zero-order valence-electron chi connectivity index (χ0n) is 13.8. The van der Waals surface area contributed by atoms with Crippen molar-refractivity contribution in [2.45, 2.75) is 32.7 Å². The van der Waals surface area contributed by atoms with Gasteiger partial charge in [0, 0.05) is 30.8 Å². The van der Waals surface area contributed by atoms with E-state index in [2.05, 4.69) is 28.7 Å². The summed E-state index contributed by atoms with van der Waals surface area (Å²) in [5, 5.41) is 15.3. The summed E-state index contributed by atoms with van der Waals surface area (Å²) in [6.45, 7) is 6.98. The van der Waals surface area contributed by atoms with Crippen molar-refractivity contribution in [2.24, 2.45) is 0 Å². The SMILES string of the molecule is C=CCNC(=O)Nc1cc(-c2nc3n(c2C)CCCC3)ccc1O. The van der Waals surface area contributed by atoms with Crippen LogP contribution in [0.2, 0.25) is 0 Å². The first-order chi connectivity index (χ1) is 11.6. The average molecular weight is 326 g/mol. The molecule has 2 amide bonds. The van der Waals surface area contributed by atoms with Gasteiger partial charge in [0.2, 0.25) is 0 Å². The van der Waals surface area contributed by atoms with E-state index in [0.29, 0.717) is 12.2 Å². The molecule has 1 aliphatic rings. The summed E-state index contributed by atoms with van der Waals surface area (Å²) in [7, 11) is 0. The van der Waals surface area contributed by atoms with Crippen molar-refractivity contribution >= 4 is 11.7 Å². The predicted octanol–water partition coefficient (Wildman–Crippen LogP) is 3.21. The molecule has 0 radical (unpaired) electrons. The first-order valence-corrected chi connectivity index (χ1v) is 8.15. The van der Waals surface area contributed by atoms with Gasteiger partial charge in [0.15, 0.2) is 0 Å². The fourth-order valence-corrected chi connectivity index (χ4v) is 3.02. The molecule has 3 rings (SSSR count). The molecule has 0 fully saturated rings. The van der Waals surface area contributed by atoms with Crippen molar-refractivity contribution in [3.05, 3.63) is 42.4 Å². The number of phenolic OH excluding ortho intramolecular Hbond substituents is 1. The number of urea groups is 1. The Labute approximate surface area is 141 Å². The van der Waals surface area contributed by atoms with Crippen molar-refractivity contribution in [1.82, 2.24) is 14.9 Å². The second-order valence-corrected chi connectivity index (χ2v) is 5.93. The van der Waals surface area contributed by atoms with E-state index in [1.165, 1.54) is 12.8 Å². The highest BCUT2D eigenvalue weighted by Gasteiger charge is 2.18. The molecule has 1 aromatic carbocycles. The van der Waals surface area contributed by atoms with Gasteiger partial charge in [-0.1, -0.05) is 6.08 Å². The Morgan fingerprint density at radius 1 is 1.46 bits per heavy atom. The largest absolute Gasteiger partial charge is 0.506 e. The molecular weight excluding hydrogens is 304 g/mol. The number of hydrogen-bond donors (Lipinski definition) is 3. The molecule has 6 nitrogen and oxygen atoms in total. The van der Waals surface area contributed by atoms with Crippen LogP contribution in [-0.2, 0) is 13.0 Å². The van der Waals surface area contributed by atoms with Crippen LogP contribution < -0.4 is 10.6 Å². The molecule has 6 heteroatoms. The lowest BCUT2D eigenvalue weighted by Crippen LogP contribution is -2.28. The molecule has 126 valence electrons. The van der Waals surface area contributed by atoms with Crippen LogP contribution in [0.5, 0.6) is 5.75 Å². The van der Waals surface area contributed by atoms with Crippen LogP contribution in [0.1, 0.15) is 24.4 Å². The third kappa shape index (κ3) is 3.13. The van der Waals surface area contributed by atoms with Crippen LogP contribution in [-0.4, -0.2) is 27.2 Å². The number of carbonyl (C=O) groups is 1. The van der Waals surface area contributed by atoms with E-state index in [1.54, 1.807) is 18.2 Å². The number of aromatic hydroxyl groups is 1. The van der Waals surface area contributed by atoms with Crippen LogP contribution in [0.15, 0.2) is 30.9 Å². The number of fused-ring (bicyclic) bond motifs is 1. The maximum Gasteiger partial charge on any atom is 0.319 e. The maximum atomic E-state index is 11.8. The van der Waals surface area contributed by atoms with E-state index in [9.17, 15) is 9.90 Å². The summed E-state index contributed by atoms with van der Waals surface area (Å²) in [6.07, 6.45) is 4.93. The Morgan fingerprint density at radius 2 is 2.29 bits per heavy atom. The number of rotatable bonds is 4. The monoisotopic (exact) mass is 326 g/mol. The molecule has 0 saturated carbocycles. The molecule has 0 aliphatic carbocycles. The van der Waals surface area contributed by atoms with Gasteiger partial charge in [-0.3, -0.25) is 0 Å². The van der Waals surface area contributed by atoms with Gasteiger partial charge in [-0.25, -0.2) is 9.78 Å². The quantitative estimate of drug-likeness (QED) is 0.596. The number of aromatic nitrogens is 2. The van der Waals surface area contributed by atoms with Crippen molar-refractivity contribution < 1.29 is 9.90 Å². The lowest BCUT2D eigenvalue weighted by Gasteiger charge is -2.14. The second kappa shape index (κ2) is 6.78. The summed E-state index contributed by atoms with van der Waals surface area (Å²) in [4.78, 5) is 16.6. The second-order valence-electron chi connectivity index (χ2n) is 5.93. The topological polar surface area (TPSA) is 79.2 Å². The Bertz CT molecular complexity index is 780. The number of imidazole rings is 1. The Balaban J connectivity index is 1.90. The molecule has 0 atom stereocenters. The van der Waals surface area contributed by atoms with Gasteiger partial charge < -0.3 is 20.3 Å². The summed E-state index contributed by atoms with van der Waals surface area (Å²) < 4.78 is 2.26. The van der Waals surface area contributed by atoms with Gasteiger partial charge in [0.05, 0.1) is 11.4 Å². The maximum absolute atomic E-state index is 11.8. The highest BCUT2D eigenvalue weighted by atomic mass is 16.3. The summed E-state index contributed by atoms with van der Waals surface area (Å²) in [6, 6.07) is 4.77. The van der Waals surface area contributed by atoms with Crippen LogP contribution in [0, 0.1) is 6.92 Å².